The first-order valence-corrected chi connectivity index (χ1v) is 14.9. The average molecular weight is 566 g/mol. The van der Waals surface area contributed by atoms with Crippen molar-refractivity contribution in [1.29, 1.82) is 0 Å². The van der Waals surface area contributed by atoms with E-state index in [1.165, 1.54) is 4.31 Å². The normalized spacial score (nSPS) is 13.3. The highest BCUT2D eigenvalue weighted by Crippen LogP contribution is 2.36. The molecular formula is C27H36ClN3O6S. The lowest BCUT2D eigenvalue weighted by Crippen LogP contribution is -2.49. The number of fused-ring (bicyclic) bond motifs is 1. The topological polar surface area (TPSA) is 105 Å². The molecule has 11 heteroatoms. The second-order valence-electron chi connectivity index (χ2n) is 9.65. The first-order chi connectivity index (χ1) is 18.0. The second-order valence-corrected chi connectivity index (χ2v) is 12.0. The number of sulfonamides is 1. The van der Waals surface area contributed by atoms with E-state index in [1.54, 1.807) is 35.2 Å². The fourth-order valence-electron chi connectivity index (χ4n) is 4.20. The van der Waals surface area contributed by atoms with E-state index in [0.717, 1.165) is 11.8 Å². The molecule has 0 radical (unpaired) electrons. The molecule has 0 saturated heterocycles. The van der Waals surface area contributed by atoms with Gasteiger partial charge in [0.2, 0.25) is 28.6 Å². The van der Waals surface area contributed by atoms with E-state index in [0.29, 0.717) is 35.2 Å². The van der Waals surface area contributed by atoms with Crippen LogP contribution in [0.1, 0.15) is 45.6 Å². The Morgan fingerprint density at radius 3 is 2.47 bits per heavy atom. The van der Waals surface area contributed by atoms with E-state index in [9.17, 15) is 18.0 Å². The summed E-state index contributed by atoms with van der Waals surface area (Å²) in [4.78, 5) is 28.1. The first-order valence-electron chi connectivity index (χ1n) is 12.7. The van der Waals surface area contributed by atoms with Crippen LogP contribution < -0.4 is 19.1 Å². The zero-order valence-electron chi connectivity index (χ0n) is 22.3. The molecule has 9 nitrogen and oxygen atoms in total. The molecule has 0 fully saturated rings. The Morgan fingerprint density at radius 2 is 1.82 bits per heavy atom. The summed E-state index contributed by atoms with van der Waals surface area (Å²) >= 11 is 6.38. The van der Waals surface area contributed by atoms with Gasteiger partial charge in [-0.2, -0.15) is 0 Å². The van der Waals surface area contributed by atoms with Gasteiger partial charge in [0, 0.05) is 37.1 Å². The Bertz CT molecular complexity index is 1240. The number of benzene rings is 2. The van der Waals surface area contributed by atoms with Crippen LogP contribution in [0.25, 0.3) is 0 Å². The molecule has 208 valence electrons. The summed E-state index contributed by atoms with van der Waals surface area (Å²) in [6.07, 6.45) is 1.85. The van der Waals surface area contributed by atoms with Gasteiger partial charge in [-0.3, -0.25) is 13.9 Å². The van der Waals surface area contributed by atoms with Crippen LogP contribution in [-0.2, 0) is 26.2 Å². The van der Waals surface area contributed by atoms with Crippen molar-refractivity contribution in [2.75, 3.05) is 30.4 Å². The van der Waals surface area contributed by atoms with Gasteiger partial charge in [-0.15, -0.1) is 0 Å². The van der Waals surface area contributed by atoms with Crippen LogP contribution in [-0.4, -0.2) is 57.3 Å². The van der Waals surface area contributed by atoms with Gasteiger partial charge in [-0.05, 0) is 42.5 Å². The number of hydrogen-bond donors (Lipinski definition) is 1. The van der Waals surface area contributed by atoms with Crippen molar-refractivity contribution >= 4 is 39.1 Å². The molecule has 0 aromatic heterocycles. The van der Waals surface area contributed by atoms with Gasteiger partial charge in [0.05, 0.1) is 11.9 Å². The van der Waals surface area contributed by atoms with Crippen LogP contribution in [0.15, 0.2) is 42.5 Å². The summed E-state index contributed by atoms with van der Waals surface area (Å²) < 4.78 is 37.1. The summed E-state index contributed by atoms with van der Waals surface area (Å²) in [6.45, 7) is 6.70. The van der Waals surface area contributed by atoms with Crippen LogP contribution in [0, 0.1) is 5.92 Å². The van der Waals surface area contributed by atoms with Gasteiger partial charge in [-0.1, -0.05) is 50.6 Å². The summed E-state index contributed by atoms with van der Waals surface area (Å²) in [5.41, 5.74) is 1.16. The Kier molecular flexibility index (Phi) is 10.3. The zero-order valence-corrected chi connectivity index (χ0v) is 23.8. The van der Waals surface area contributed by atoms with Crippen molar-refractivity contribution in [2.24, 2.45) is 5.92 Å². The fourth-order valence-corrected chi connectivity index (χ4v) is 5.35. The molecule has 2 aromatic rings. The van der Waals surface area contributed by atoms with Crippen LogP contribution in [0.4, 0.5) is 5.69 Å². The number of rotatable bonds is 13. The first kappa shape index (κ1) is 29.6. The third-order valence-electron chi connectivity index (χ3n) is 6.17. The summed E-state index contributed by atoms with van der Waals surface area (Å²) in [5.74, 6) is 0.808. The predicted molar refractivity (Wildman–Crippen MR) is 148 cm³/mol. The molecular weight excluding hydrogens is 530 g/mol. The van der Waals surface area contributed by atoms with Gasteiger partial charge in [0.15, 0.2) is 11.5 Å². The average Bonchev–Trinajstić information content (AvgIpc) is 3.33. The van der Waals surface area contributed by atoms with Gasteiger partial charge >= 0.3 is 0 Å². The van der Waals surface area contributed by atoms with Crippen molar-refractivity contribution in [2.45, 2.75) is 52.6 Å². The fraction of sp³-hybridized carbons (Fsp3) is 0.481. The lowest BCUT2D eigenvalue weighted by molar-refractivity contribution is -0.141. The SMILES string of the molecule is CC[C@@H](C(=O)NCC(C)C)N(Cc1ccccc1Cl)C(=O)CCCN(c1ccc2c(c1)OCO2)S(C)(=O)=O. The van der Waals surface area contributed by atoms with E-state index in [1.807, 2.05) is 32.9 Å². The number of nitrogens with one attached hydrogen (secondary N) is 1. The molecule has 0 spiro atoms. The smallest absolute Gasteiger partial charge is 0.242 e. The standard InChI is InChI=1S/C27H36ClN3O6S/c1-5-23(27(33)29-16-19(2)3)30(17-20-9-6-7-10-22(20)28)26(32)11-8-14-31(38(4,34)35)21-12-13-24-25(15-21)37-18-36-24/h6-7,9-10,12-13,15,19,23H,5,8,11,14,16-18H2,1-4H3,(H,29,33)/t23-/m0/s1. The van der Waals surface area contributed by atoms with Crippen molar-refractivity contribution in [1.82, 2.24) is 10.2 Å². The number of ether oxygens (including phenoxy) is 2. The van der Waals surface area contributed by atoms with Gasteiger partial charge < -0.3 is 19.7 Å². The number of carbonyl (C=O) groups is 2. The molecule has 0 saturated carbocycles. The van der Waals surface area contributed by atoms with E-state index >= 15 is 0 Å². The maximum atomic E-state index is 13.5. The molecule has 0 aliphatic carbocycles. The lowest BCUT2D eigenvalue weighted by Gasteiger charge is -2.31. The van der Waals surface area contributed by atoms with Crippen LogP contribution in [0.2, 0.25) is 5.02 Å². The third-order valence-corrected chi connectivity index (χ3v) is 7.73. The highest BCUT2D eigenvalue weighted by molar-refractivity contribution is 7.92. The molecule has 38 heavy (non-hydrogen) atoms. The number of nitrogens with zero attached hydrogens (tertiary/aromatic N) is 2. The monoisotopic (exact) mass is 565 g/mol. The van der Waals surface area contributed by atoms with Crippen molar-refractivity contribution in [3.8, 4) is 11.5 Å². The predicted octanol–water partition coefficient (Wildman–Crippen LogP) is 4.19. The number of anilines is 1. The molecule has 0 unspecified atom stereocenters. The molecule has 1 N–H and O–H groups in total. The second kappa shape index (κ2) is 13.2. The number of amides is 2. The van der Waals surface area contributed by atoms with E-state index in [-0.39, 0.29) is 50.5 Å². The summed E-state index contributed by atoms with van der Waals surface area (Å²) in [7, 11) is -3.63. The lowest BCUT2D eigenvalue weighted by atomic mass is 10.1. The maximum absolute atomic E-state index is 13.5. The summed E-state index contributed by atoms with van der Waals surface area (Å²) in [5, 5.41) is 3.44. The van der Waals surface area contributed by atoms with Crippen molar-refractivity contribution in [3.63, 3.8) is 0 Å². The highest BCUT2D eigenvalue weighted by atomic mass is 35.5. The Labute approximate surface area is 230 Å². The molecule has 1 aliphatic heterocycles. The molecule has 1 heterocycles. The molecule has 0 bridgehead atoms. The Morgan fingerprint density at radius 1 is 1.11 bits per heavy atom. The van der Waals surface area contributed by atoms with Crippen LogP contribution >= 0.6 is 11.6 Å². The molecule has 2 amide bonds. The molecule has 3 rings (SSSR count). The summed E-state index contributed by atoms with van der Waals surface area (Å²) in [6, 6.07) is 11.4. The number of hydrogen-bond acceptors (Lipinski definition) is 6. The minimum atomic E-state index is -3.63. The van der Waals surface area contributed by atoms with Gasteiger partial charge in [-0.25, -0.2) is 8.42 Å². The van der Waals surface area contributed by atoms with Crippen molar-refractivity contribution < 1.29 is 27.5 Å². The minimum Gasteiger partial charge on any atom is -0.454 e. The number of carbonyl (C=O) groups excluding carboxylic acids is 2. The molecule has 1 aliphatic rings. The minimum absolute atomic E-state index is 0.0506. The maximum Gasteiger partial charge on any atom is 0.242 e. The zero-order chi connectivity index (χ0) is 27.9. The van der Waals surface area contributed by atoms with Crippen LogP contribution in [0.5, 0.6) is 11.5 Å². The Balaban J connectivity index is 1.76. The van der Waals surface area contributed by atoms with Gasteiger partial charge in [0.25, 0.3) is 0 Å². The Hall–Kier alpha value is -2.98. The highest BCUT2D eigenvalue weighted by Gasteiger charge is 2.29. The van der Waals surface area contributed by atoms with Crippen molar-refractivity contribution in [3.05, 3.63) is 53.1 Å². The molecule has 2 aromatic carbocycles. The largest absolute Gasteiger partial charge is 0.454 e. The third kappa shape index (κ3) is 7.77. The van der Waals surface area contributed by atoms with E-state index in [2.05, 4.69) is 5.32 Å². The van der Waals surface area contributed by atoms with E-state index in [4.69, 9.17) is 21.1 Å². The quantitative estimate of drug-likeness (QED) is 0.390. The van der Waals surface area contributed by atoms with E-state index < -0.39 is 16.1 Å². The molecule has 1 atom stereocenters. The number of halogens is 1. The van der Waals surface area contributed by atoms with Crippen LogP contribution in [0.3, 0.4) is 0 Å². The van der Waals surface area contributed by atoms with Gasteiger partial charge in [0.1, 0.15) is 6.04 Å².